The molecule has 0 spiro atoms. The Bertz CT molecular complexity index is 465. The fourth-order valence-corrected chi connectivity index (χ4v) is 4.14. The normalized spacial score (nSPS) is 23.3. The summed E-state index contributed by atoms with van der Waals surface area (Å²) in [5.74, 6) is -1.20. The number of aliphatic carboxylic acids is 1. The van der Waals surface area contributed by atoms with Crippen LogP contribution >= 0.6 is 11.8 Å². The van der Waals surface area contributed by atoms with Gasteiger partial charge < -0.3 is 15.7 Å². The lowest BCUT2D eigenvalue weighted by Crippen LogP contribution is -2.56. The second kappa shape index (κ2) is 7.28. The van der Waals surface area contributed by atoms with Crippen LogP contribution in [0.5, 0.6) is 0 Å². The molecule has 1 rings (SSSR count). The molecule has 0 aromatic rings. The molecule has 1 amide bonds. The molecule has 9 heteroatoms. The zero-order valence-corrected chi connectivity index (χ0v) is 13.0. The van der Waals surface area contributed by atoms with Crippen molar-refractivity contribution in [2.45, 2.75) is 24.9 Å². The minimum Gasteiger partial charge on any atom is -0.481 e. The molecule has 1 fully saturated rings. The maximum Gasteiger partial charge on any atom is 0.305 e. The second-order valence-corrected chi connectivity index (χ2v) is 8.00. The Morgan fingerprint density at radius 2 is 2.15 bits per heavy atom. The molecule has 0 aliphatic carbocycles. The molecule has 1 aliphatic rings. The van der Waals surface area contributed by atoms with Crippen LogP contribution in [0.1, 0.15) is 12.8 Å². The highest BCUT2D eigenvalue weighted by molar-refractivity contribution is 7.98. The average Bonchev–Trinajstić information content (AvgIpc) is 2.33. The molecule has 7 nitrogen and oxygen atoms in total. The standard InChI is InChI=1S/C11H20N2O5S2/c1-19-4-2-9(12)11(16)13-3-5-20(17,18)7-8(13)6-10(14)15/h8-9H,2-7,12H2,1H3,(H,14,15)/t8?,9-/m0/s1. The van der Waals surface area contributed by atoms with Crippen molar-refractivity contribution in [3.8, 4) is 0 Å². The number of carboxylic acid groups (broad SMARTS) is 1. The van der Waals surface area contributed by atoms with Crippen LogP contribution in [-0.4, -0.2) is 72.4 Å². The third-order valence-corrected chi connectivity index (χ3v) is 5.51. The molecule has 1 unspecified atom stereocenters. The summed E-state index contributed by atoms with van der Waals surface area (Å²) in [6.45, 7) is 0.0199. The maximum absolute atomic E-state index is 12.2. The number of carbonyl (C=O) groups excluding carboxylic acids is 1. The molecule has 1 saturated heterocycles. The molecule has 20 heavy (non-hydrogen) atoms. The van der Waals surface area contributed by atoms with Gasteiger partial charge >= 0.3 is 5.97 Å². The number of carbonyl (C=O) groups is 2. The van der Waals surface area contributed by atoms with E-state index in [4.69, 9.17) is 10.8 Å². The summed E-state index contributed by atoms with van der Waals surface area (Å²) in [6.07, 6.45) is 2.02. The van der Waals surface area contributed by atoms with Gasteiger partial charge in [-0.1, -0.05) is 0 Å². The minimum absolute atomic E-state index is 0.0199. The highest BCUT2D eigenvalue weighted by atomic mass is 32.2. The first kappa shape index (κ1) is 17.3. The van der Waals surface area contributed by atoms with Crippen molar-refractivity contribution >= 4 is 33.5 Å². The number of hydrogen-bond acceptors (Lipinski definition) is 6. The van der Waals surface area contributed by atoms with Gasteiger partial charge in [-0.05, 0) is 18.4 Å². The lowest BCUT2D eigenvalue weighted by atomic mass is 10.1. The molecule has 0 radical (unpaired) electrons. The fourth-order valence-electron chi connectivity index (χ4n) is 2.13. The van der Waals surface area contributed by atoms with Crippen LogP contribution in [0.2, 0.25) is 0 Å². The smallest absolute Gasteiger partial charge is 0.305 e. The molecular formula is C11H20N2O5S2. The predicted molar refractivity (Wildman–Crippen MR) is 77.4 cm³/mol. The van der Waals surface area contributed by atoms with Crippen LogP contribution in [0, 0.1) is 0 Å². The van der Waals surface area contributed by atoms with E-state index in [1.165, 1.54) is 4.90 Å². The van der Waals surface area contributed by atoms with Crippen molar-refractivity contribution in [3.63, 3.8) is 0 Å². The summed E-state index contributed by atoms with van der Waals surface area (Å²) in [4.78, 5) is 24.4. The Hall–Kier alpha value is -0.800. The van der Waals surface area contributed by atoms with Crippen LogP contribution < -0.4 is 5.73 Å². The van der Waals surface area contributed by atoms with E-state index in [0.717, 1.165) is 5.75 Å². The van der Waals surface area contributed by atoms with Crippen molar-refractivity contribution < 1.29 is 23.1 Å². The lowest BCUT2D eigenvalue weighted by molar-refractivity contribution is -0.140. The topological polar surface area (TPSA) is 118 Å². The number of thioether (sulfide) groups is 1. The zero-order chi connectivity index (χ0) is 15.3. The van der Waals surface area contributed by atoms with Crippen molar-refractivity contribution in [2.24, 2.45) is 5.73 Å². The summed E-state index contributed by atoms with van der Waals surface area (Å²) in [7, 11) is -3.29. The second-order valence-electron chi connectivity index (χ2n) is 4.79. The summed E-state index contributed by atoms with van der Waals surface area (Å²) >= 11 is 1.56. The van der Waals surface area contributed by atoms with Crippen LogP contribution in [-0.2, 0) is 19.4 Å². The Morgan fingerprint density at radius 3 is 2.70 bits per heavy atom. The van der Waals surface area contributed by atoms with Gasteiger partial charge in [-0.3, -0.25) is 9.59 Å². The molecule has 3 N–H and O–H groups in total. The van der Waals surface area contributed by atoms with Gasteiger partial charge in [0.05, 0.1) is 30.0 Å². The number of nitrogens with two attached hydrogens (primary N) is 1. The molecule has 0 aromatic carbocycles. The Kier molecular flexibility index (Phi) is 6.28. The first-order chi connectivity index (χ1) is 9.26. The van der Waals surface area contributed by atoms with Gasteiger partial charge in [0.25, 0.3) is 0 Å². The third kappa shape index (κ3) is 4.95. The number of nitrogens with zero attached hydrogens (tertiary/aromatic N) is 1. The molecule has 116 valence electrons. The monoisotopic (exact) mass is 324 g/mol. The minimum atomic E-state index is -3.29. The van der Waals surface area contributed by atoms with Crippen LogP contribution in [0.3, 0.4) is 0 Å². The van der Waals surface area contributed by atoms with Gasteiger partial charge in [-0.15, -0.1) is 0 Å². The van der Waals surface area contributed by atoms with E-state index in [-0.39, 0.29) is 30.4 Å². The Morgan fingerprint density at radius 1 is 1.50 bits per heavy atom. The molecule has 0 bridgehead atoms. The highest BCUT2D eigenvalue weighted by Gasteiger charge is 2.36. The van der Waals surface area contributed by atoms with Gasteiger partial charge in [0.15, 0.2) is 9.84 Å². The van der Waals surface area contributed by atoms with Gasteiger partial charge in [-0.2, -0.15) is 11.8 Å². The van der Waals surface area contributed by atoms with Crippen molar-refractivity contribution in [2.75, 3.05) is 30.1 Å². The van der Waals surface area contributed by atoms with E-state index < -0.39 is 27.9 Å². The summed E-state index contributed by atoms with van der Waals surface area (Å²) < 4.78 is 23.2. The lowest BCUT2D eigenvalue weighted by Gasteiger charge is -2.36. The van der Waals surface area contributed by atoms with Crippen molar-refractivity contribution in [3.05, 3.63) is 0 Å². The number of rotatable bonds is 6. The fraction of sp³-hybridized carbons (Fsp3) is 0.818. The number of amides is 1. The molecule has 2 atom stereocenters. The maximum atomic E-state index is 12.2. The first-order valence-electron chi connectivity index (χ1n) is 6.24. The number of hydrogen-bond donors (Lipinski definition) is 2. The van der Waals surface area contributed by atoms with Gasteiger partial charge in [0, 0.05) is 6.54 Å². The quantitative estimate of drug-likeness (QED) is 0.654. The number of sulfone groups is 1. The van der Waals surface area contributed by atoms with Crippen LogP contribution in [0.25, 0.3) is 0 Å². The SMILES string of the molecule is CSCC[C@H](N)C(=O)N1CCS(=O)(=O)CC1CC(=O)O. The third-order valence-electron chi connectivity index (χ3n) is 3.17. The highest BCUT2D eigenvalue weighted by Crippen LogP contribution is 2.17. The largest absolute Gasteiger partial charge is 0.481 e. The zero-order valence-electron chi connectivity index (χ0n) is 11.3. The summed E-state index contributed by atoms with van der Waals surface area (Å²) in [6, 6.07) is -1.53. The van der Waals surface area contributed by atoms with Gasteiger partial charge in [-0.25, -0.2) is 8.42 Å². The van der Waals surface area contributed by atoms with E-state index >= 15 is 0 Å². The van der Waals surface area contributed by atoms with Crippen molar-refractivity contribution in [1.29, 1.82) is 0 Å². The molecular weight excluding hydrogens is 304 g/mol. The van der Waals surface area contributed by atoms with Gasteiger partial charge in [0.2, 0.25) is 5.91 Å². The molecule has 0 saturated carbocycles. The molecule has 1 aliphatic heterocycles. The number of carboxylic acids is 1. The molecule has 1 heterocycles. The van der Waals surface area contributed by atoms with E-state index in [9.17, 15) is 18.0 Å². The van der Waals surface area contributed by atoms with E-state index in [1.54, 1.807) is 11.8 Å². The van der Waals surface area contributed by atoms with E-state index in [2.05, 4.69) is 0 Å². The Balaban J connectivity index is 2.79. The average molecular weight is 324 g/mol. The van der Waals surface area contributed by atoms with Crippen molar-refractivity contribution in [1.82, 2.24) is 4.90 Å². The van der Waals surface area contributed by atoms with E-state index in [1.807, 2.05) is 6.26 Å². The predicted octanol–water partition coefficient (Wildman–Crippen LogP) is -0.833. The van der Waals surface area contributed by atoms with Crippen LogP contribution in [0.4, 0.5) is 0 Å². The van der Waals surface area contributed by atoms with E-state index in [0.29, 0.717) is 6.42 Å². The van der Waals surface area contributed by atoms with Crippen LogP contribution in [0.15, 0.2) is 0 Å². The van der Waals surface area contributed by atoms with Gasteiger partial charge in [0.1, 0.15) is 0 Å². The Labute approximate surface area is 122 Å². The molecule has 0 aromatic heterocycles. The first-order valence-corrected chi connectivity index (χ1v) is 9.45. The summed E-state index contributed by atoms with van der Waals surface area (Å²) in [5.41, 5.74) is 5.79. The summed E-state index contributed by atoms with van der Waals surface area (Å²) in [5, 5.41) is 8.85.